The van der Waals surface area contributed by atoms with Gasteiger partial charge in [-0.3, -0.25) is 4.79 Å². The fourth-order valence-corrected chi connectivity index (χ4v) is 2.94. The number of carbonyl (C=O) groups is 1. The Hall–Kier alpha value is -1.48. The van der Waals surface area contributed by atoms with E-state index < -0.39 is 0 Å². The van der Waals surface area contributed by atoms with Crippen LogP contribution in [0.25, 0.3) is 10.8 Å². The van der Waals surface area contributed by atoms with E-state index in [1.54, 1.807) is 11.8 Å². The van der Waals surface area contributed by atoms with Crippen LogP contribution in [0.5, 0.6) is 0 Å². The monoisotopic (exact) mass is 301 g/mol. The first-order valence-electron chi connectivity index (χ1n) is 7.39. The molecular weight excluding hydrogens is 278 g/mol. The Morgan fingerprint density at radius 1 is 1.19 bits per heavy atom. The molecule has 0 fully saturated rings. The highest BCUT2D eigenvalue weighted by atomic mass is 32.2. The first kappa shape index (κ1) is 15.9. The fourth-order valence-electron chi connectivity index (χ4n) is 2.02. The molecule has 1 atom stereocenters. The van der Waals surface area contributed by atoms with Gasteiger partial charge in [0.05, 0.1) is 5.25 Å². The van der Waals surface area contributed by atoms with Crippen LogP contribution >= 0.6 is 11.8 Å². The van der Waals surface area contributed by atoms with Crippen LogP contribution in [0.3, 0.4) is 0 Å². The molecule has 0 aliphatic rings. The molecule has 21 heavy (non-hydrogen) atoms. The van der Waals surface area contributed by atoms with Crippen molar-refractivity contribution in [2.45, 2.75) is 49.8 Å². The summed E-state index contributed by atoms with van der Waals surface area (Å²) in [6, 6.07) is 14.6. The van der Waals surface area contributed by atoms with Gasteiger partial charge in [-0.15, -0.1) is 11.8 Å². The quantitative estimate of drug-likeness (QED) is 0.816. The van der Waals surface area contributed by atoms with Crippen molar-refractivity contribution in [1.29, 1.82) is 0 Å². The molecule has 1 unspecified atom stereocenters. The van der Waals surface area contributed by atoms with E-state index in [-0.39, 0.29) is 16.7 Å². The van der Waals surface area contributed by atoms with E-state index in [1.165, 1.54) is 10.8 Å². The van der Waals surface area contributed by atoms with Gasteiger partial charge >= 0.3 is 0 Å². The molecule has 2 nitrogen and oxygen atoms in total. The Morgan fingerprint density at radius 3 is 2.52 bits per heavy atom. The van der Waals surface area contributed by atoms with Gasteiger partial charge in [0.1, 0.15) is 0 Å². The molecule has 1 amide bonds. The Labute approximate surface area is 131 Å². The molecule has 0 spiro atoms. The van der Waals surface area contributed by atoms with Crippen molar-refractivity contribution in [2.24, 2.45) is 0 Å². The molecule has 0 saturated heterocycles. The third-order valence-electron chi connectivity index (χ3n) is 3.75. The summed E-state index contributed by atoms with van der Waals surface area (Å²) in [5, 5.41) is 5.44. The molecule has 2 rings (SSSR count). The number of hydrogen-bond acceptors (Lipinski definition) is 2. The molecule has 0 saturated carbocycles. The zero-order valence-electron chi connectivity index (χ0n) is 13.1. The number of fused-ring (bicyclic) bond motifs is 1. The summed E-state index contributed by atoms with van der Waals surface area (Å²) >= 11 is 1.61. The van der Waals surface area contributed by atoms with Crippen molar-refractivity contribution in [2.75, 3.05) is 0 Å². The largest absolute Gasteiger partial charge is 0.350 e. The molecule has 0 aromatic heterocycles. The van der Waals surface area contributed by atoms with Gasteiger partial charge < -0.3 is 5.32 Å². The Kier molecular flexibility index (Phi) is 4.94. The van der Waals surface area contributed by atoms with Gasteiger partial charge in [-0.25, -0.2) is 0 Å². The molecule has 2 aromatic carbocycles. The second-order valence-corrected chi connectivity index (χ2v) is 7.41. The van der Waals surface area contributed by atoms with Crippen LogP contribution < -0.4 is 5.32 Å². The lowest BCUT2D eigenvalue weighted by molar-refractivity contribution is -0.121. The summed E-state index contributed by atoms with van der Waals surface area (Å²) in [6.45, 7) is 8.15. The standard InChI is InChI=1S/C18H23NOS/c1-5-18(3,4)19-17(20)13(2)21-16-11-10-14-8-6-7-9-15(14)12-16/h6-13H,5H2,1-4H3,(H,19,20). The highest BCUT2D eigenvalue weighted by Crippen LogP contribution is 2.27. The predicted molar refractivity (Wildman–Crippen MR) is 91.8 cm³/mol. The number of amides is 1. The van der Waals surface area contributed by atoms with Crippen LogP contribution in [-0.4, -0.2) is 16.7 Å². The van der Waals surface area contributed by atoms with Crippen LogP contribution in [-0.2, 0) is 4.79 Å². The minimum absolute atomic E-state index is 0.0972. The third-order valence-corrected chi connectivity index (χ3v) is 4.84. The van der Waals surface area contributed by atoms with Crippen molar-refractivity contribution >= 4 is 28.4 Å². The first-order valence-corrected chi connectivity index (χ1v) is 8.27. The summed E-state index contributed by atoms with van der Waals surface area (Å²) in [5.74, 6) is 0.0972. The number of carbonyl (C=O) groups excluding carboxylic acids is 1. The second-order valence-electron chi connectivity index (χ2n) is 6.00. The normalized spacial score (nSPS) is 13.1. The highest BCUT2D eigenvalue weighted by Gasteiger charge is 2.22. The highest BCUT2D eigenvalue weighted by molar-refractivity contribution is 8.00. The number of benzene rings is 2. The molecule has 0 aliphatic carbocycles. The molecule has 0 radical (unpaired) electrons. The summed E-state index contributed by atoms with van der Waals surface area (Å²) in [5.41, 5.74) is -0.144. The summed E-state index contributed by atoms with van der Waals surface area (Å²) in [6.07, 6.45) is 0.923. The van der Waals surface area contributed by atoms with Crippen molar-refractivity contribution in [3.05, 3.63) is 42.5 Å². The molecule has 0 bridgehead atoms. The lowest BCUT2D eigenvalue weighted by Crippen LogP contribution is -2.46. The van der Waals surface area contributed by atoms with E-state index in [2.05, 4.69) is 56.4 Å². The summed E-state index contributed by atoms with van der Waals surface area (Å²) in [4.78, 5) is 13.4. The minimum atomic E-state index is -0.144. The number of nitrogens with one attached hydrogen (secondary N) is 1. The number of hydrogen-bond donors (Lipinski definition) is 1. The van der Waals surface area contributed by atoms with E-state index in [0.29, 0.717) is 0 Å². The minimum Gasteiger partial charge on any atom is -0.350 e. The van der Waals surface area contributed by atoms with Crippen LogP contribution in [0.1, 0.15) is 34.1 Å². The van der Waals surface area contributed by atoms with Crippen LogP contribution in [0.4, 0.5) is 0 Å². The van der Waals surface area contributed by atoms with E-state index in [1.807, 2.05) is 19.1 Å². The Balaban J connectivity index is 2.07. The average molecular weight is 301 g/mol. The van der Waals surface area contributed by atoms with Crippen LogP contribution in [0.2, 0.25) is 0 Å². The molecule has 0 aliphatic heterocycles. The maximum atomic E-state index is 12.3. The van der Waals surface area contributed by atoms with E-state index >= 15 is 0 Å². The lowest BCUT2D eigenvalue weighted by atomic mass is 10.0. The molecule has 1 N–H and O–H groups in total. The van der Waals surface area contributed by atoms with Gasteiger partial charge in [0.15, 0.2) is 0 Å². The van der Waals surface area contributed by atoms with Crippen molar-refractivity contribution < 1.29 is 4.79 Å². The number of rotatable bonds is 5. The van der Waals surface area contributed by atoms with Gasteiger partial charge in [0.25, 0.3) is 0 Å². The van der Waals surface area contributed by atoms with Crippen molar-refractivity contribution in [1.82, 2.24) is 5.32 Å². The average Bonchev–Trinajstić information content (AvgIpc) is 2.46. The third kappa shape index (κ3) is 4.24. The number of thioether (sulfide) groups is 1. The molecule has 3 heteroatoms. The Morgan fingerprint density at radius 2 is 1.86 bits per heavy atom. The topological polar surface area (TPSA) is 29.1 Å². The zero-order valence-corrected chi connectivity index (χ0v) is 14.0. The SMILES string of the molecule is CCC(C)(C)NC(=O)C(C)Sc1ccc2ccccc2c1. The van der Waals surface area contributed by atoms with Gasteiger partial charge in [0, 0.05) is 10.4 Å². The maximum Gasteiger partial charge on any atom is 0.233 e. The van der Waals surface area contributed by atoms with E-state index in [0.717, 1.165) is 11.3 Å². The lowest BCUT2D eigenvalue weighted by Gasteiger charge is -2.26. The molecular formula is C18H23NOS. The zero-order chi connectivity index (χ0) is 15.5. The van der Waals surface area contributed by atoms with E-state index in [4.69, 9.17) is 0 Å². The van der Waals surface area contributed by atoms with Gasteiger partial charge in [0.2, 0.25) is 5.91 Å². The Bertz CT molecular complexity index is 636. The van der Waals surface area contributed by atoms with Gasteiger partial charge in [-0.05, 0) is 50.1 Å². The molecule has 112 valence electrons. The van der Waals surface area contributed by atoms with E-state index in [9.17, 15) is 4.79 Å². The summed E-state index contributed by atoms with van der Waals surface area (Å²) < 4.78 is 0. The molecule has 0 heterocycles. The van der Waals surface area contributed by atoms with Crippen molar-refractivity contribution in [3.8, 4) is 0 Å². The molecule has 2 aromatic rings. The van der Waals surface area contributed by atoms with Crippen molar-refractivity contribution in [3.63, 3.8) is 0 Å². The predicted octanol–water partition coefficient (Wildman–Crippen LogP) is 4.63. The van der Waals surface area contributed by atoms with Crippen LogP contribution in [0.15, 0.2) is 47.4 Å². The second kappa shape index (κ2) is 6.52. The van der Waals surface area contributed by atoms with Gasteiger partial charge in [-0.1, -0.05) is 37.3 Å². The fraction of sp³-hybridized carbons (Fsp3) is 0.389. The summed E-state index contributed by atoms with van der Waals surface area (Å²) in [7, 11) is 0. The first-order chi connectivity index (χ1) is 9.91. The maximum absolute atomic E-state index is 12.3. The van der Waals surface area contributed by atoms with Crippen LogP contribution in [0, 0.1) is 0 Å². The smallest absolute Gasteiger partial charge is 0.233 e. The van der Waals surface area contributed by atoms with Gasteiger partial charge in [-0.2, -0.15) is 0 Å².